The highest BCUT2D eigenvalue weighted by atomic mass is 16.5. The molecular formula is C20H19NO4. The van der Waals surface area contributed by atoms with Crippen LogP contribution in [-0.2, 0) is 25.9 Å². The predicted octanol–water partition coefficient (Wildman–Crippen LogP) is 3.54. The second-order valence-electron chi connectivity index (χ2n) is 6.91. The zero-order valence-corrected chi connectivity index (χ0v) is 14.1. The molecule has 128 valence electrons. The summed E-state index contributed by atoms with van der Waals surface area (Å²) >= 11 is 0. The van der Waals surface area contributed by atoms with Crippen LogP contribution in [0.3, 0.4) is 0 Å². The maximum atomic E-state index is 12.2. The Morgan fingerprint density at radius 2 is 2.12 bits per heavy atom. The third-order valence-corrected chi connectivity index (χ3v) is 5.27. The van der Waals surface area contributed by atoms with Crippen LogP contribution in [0.4, 0.5) is 0 Å². The van der Waals surface area contributed by atoms with E-state index in [9.17, 15) is 4.79 Å². The highest BCUT2D eigenvalue weighted by Gasteiger charge is 2.26. The minimum atomic E-state index is -0.182. The van der Waals surface area contributed by atoms with Crippen LogP contribution in [0.2, 0.25) is 0 Å². The van der Waals surface area contributed by atoms with Crippen molar-refractivity contribution < 1.29 is 13.6 Å². The van der Waals surface area contributed by atoms with Gasteiger partial charge in [-0.1, -0.05) is 0 Å². The molecule has 3 heterocycles. The molecule has 0 bridgehead atoms. The summed E-state index contributed by atoms with van der Waals surface area (Å²) in [6.07, 6.45) is 4.49. The van der Waals surface area contributed by atoms with Crippen molar-refractivity contribution in [3.05, 3.63) is 62.9 Å². The van der Waals surface area contributed by atoms with E-state index in [-0.39, 0.29) is 5.63 Å². The standard InChI is InChI=1S/C20H19NO4/c1-12-18-13(9-21(11-24-18)10-14-4-3-7-23-14)8-17-15-5-2-6-16(15)20(22)25-19(12)17/h3-4,7-8H,2,5-6,9-11H2,1H3. The van der Waals surface area contributed by atoms with Crippen LogP contribution in [0.15, 0.2) is 38.1 Å². The van der Waals surface area contributed by atoms with Crippen molar-refractivity contribution in [2.75, 3.05) is 6.73 Å². The molecule has 0 atom stereocenters. The first kappa shape index (κ1) is 14.8. The molecule has 0 radical (unpaired) electrons. The lowest BCUT2D eigenvalue weighted by molar-refractivity contribution is 0.0818. The topological polar surface area (TPSA) is 55.8 Å². The lowest BCUT2D eigenvalue weighted by Crippen LogP contribution is -2.31. The maximum absolute atomic E-state index is 12.2. The second-order valence-corrected chi connectivity index (χ2v) is 6.91. The molecule has 0 spiro atoms. The molecule has 5 nitrogen and oxygen atoms in total. The van der Waals surface area contributed by atoms with Crippen LogP contribution < -0.4 is 10.4 Å². The number of fused-ring (bicyclic) bond motifs is 4. The van der Waals surface area contributed by atoms with Crippen molar-refractivity contribution in [2.45, 2.75) is 39.3 Å². The van der Waals surface area contributed by atoms with Crippen LogP contribution in [0.5, 0.6) is 5.75 Å². The van der Waals surface area contributed by atoms with Gasteiger partial charge in [-0.15, -0.1) is 0 Å². The maximum Gasteiger partial charge on any atom is 0.339 e. The first-order valence-corrected chi connectivity index (χ1v) is 8.69. The van der Waals surface area contributed by atoms with Gasteiger partial charge >= 0.3 is 5.63 Å². The monoisotopic (exact) mass is 337 g/mol. The molecular weight excluding hydrogens is 318 g/mol. The molecule has 2 aromatic heterocycles. The largest absolute Gasteiger partial charge is 0.477 e. The summed E-state index contributed by atoms with van der Waals surface area (Å²) in [6, 6.07) is 6.03. The van der Waals surface area contributed by atoms with Gasteiger partial charge in [-0.3, -0.25) is 4.90 Å². The van der Waals surface area contributed by atoms with E-state index in [4.69, 9.17) is 13.6 Å². The number of rotatable bonds is 2. The molecule has 5 rings (SSSR count). The quantitative estimate of drug-likeness (QED) is 0.670. The van der Waals surface area contributed by atoms with Crippen LogP contribution in [0, 0.1) is 6.92 Å². The fourth-order valence-electron chi connectivity index (χ4n) is 4.11. The van der Waals surface area contributed by atoms with Crippen LogP contribution in [0.25, 0.3) is 11.0 Å². The molecule has 0 N–H and O–H groups in total. The van der Waals surface area contributed by atoms with E-state index in [1.54, 1.807) is 6.26 Å². The van der Waals surface area contributed by atoms with Crippen LogP contribution in [0.1, 0.15) is 34.4 Å². The summed E-state index contributed by atoms with van der Waals surface area (Å²) in [5.74, 6) is 1.78. The molecule has 1 aliphatic carbocycles. The fraction of sp³-hybridized carbons (Fsp3) is 0.350. The Hall–Kier alpha value is -2.53. The van der Waals surface area contributed by atoms with Crippen molar-refractivity contribution in [1.82, 2.24) is 4.90 Å². The predicted molar refractivity (Wildman–Crippen MR) is 92.7 cm³/mol. The molecule has 0 amide bonds. The SMILES string of the molecule is Cc1c2c(cc3c4c(c(=O)oc13)CCC4)CN(Cc1ccco1)CO2. The normalized spacial score (nSPS) is 16.7. The summed E-state index contributed by atoms with van der Waals surface area (Å²) in [5.41, 5.74) is 4.60. The Labute approximate surface area is 144 Å². The molecule has 0 saturated carbocycles. The van der Waals surface area contributed by atoms with Gasteiger partial charge in [0.2, 0.25) is 0 Å². The van der Waals surface area contributed by atoms with Crippen molar-refractivity contribution >= 4 is 11.0 Å². The number of benzene rings is 1. The van der Waals surface area contributed by atoms with Gasteiger partial charge in [-0.25, -0.2) is 4.79 Å². The van der Waals surface area contributed by atoms with Gasteiger partial charge in [0.05, 0.1) is 12.8 Å². The Balaban J connectivity index is 1.60. The van der Waals surface area contributed by atoms with Gasteiger partial charge in [-0.05, 0) is 49.9 Å². The number of hydrogen-bond donors (Lipinski definition) is 0. The Bertz CT molecular complexity index is 1020. The van der Waals surface area contributed by atoms with Crippen molar-refractivity contribution in [3.8, 4) is 5.75 Å². The van der Waals surface area contributed by atoms with E-state index < -0.39 is 0 Å². The smallest absolute Gasteiger partial charge is 0.339 e. The molecule has 0 fully saturated rings. The Morgan fingerprint density at radius 1 is 1.24 bits per heavy atom. The van der Waals surface area contributed by atoms with Crippen LogP contribution in [-0.4, -0.2) is 11.6 Å². The highest BCUT2D eigenvalue weighted by molar-refractivity contribution is 5.87. The number of hydrogen-bond acceptors (Lipinski definition) is 5. The summed E-state index contributed by atoms with van der Waals surface area (Å²) in [5, 5.41) is 1.08. The van der Waals surface area contributed by atoms with E-state index >= 15 is 0 Å². The lowest BCUT2D eigenvalue weighted by Gasteiger charge is -2.29. The number of aryl methyl sites for hydroxylation is 2. The van der Waals surface area contributed by atoms with Gasteiger partial charge in [-0.2, -0.15) is 0 Å². The van der Waals surface area contributed by atoms with E-state index in [0.717, 1.165) is 59.4 Å². The molecule has 5 heteroatoms. The second kappa shape index (κ2) is 5.49. The van der Waals surface area contributed by atoms with Gasteiger partial charge in [0.1, 0.15) is 23.8 Å². The van der Waals surface area contributed by atoms with Gasteiger partial charge in [0, 0.05) is 28.6 Å². The fourth-order valence-corrected chi connectivity index (χ4v) is 4.11. The first-order chi connectivity index (χ1) is 12.2. The first-order valence-electron chi connectivity index (χ1n) is 8.69. The molecule has 0 saturated heterocycles. The molecule has 1 aliphatic heterocycles. The third kappa shape index (κ3) is 2.30. The average Bonchev–Trinajstić information content (AvgIpc) is 3.28. The van der Waals surface area contributed by atoms with Crippen molar-refractivity contribution in [1.29, 1.82) is 0 Å². The van der Waals surface area contributed by atoms with E-state index in [2.05, 4.69) is 11.0 Å². The van der Waals surface area contributed by atoms with E-state index in [0.29, 0.717) is 18.9 Å². The zero-order valence-electron chi connectivity index (χ0n) is 14.1. The van der Waals surface area contributed by atoms with Gasteiger partial charge in [0.15, 0.2) is 0 Å². The average molecular weight is 337 g/mol. The van der Waals surface area contributed by atoms with Gasteiger partial charge < -0.3 is 13.6 Å². The minimum absolute atomic E-state index is 0.182. The molecule has 2 aliphatic rings. The number of ether oxygens (including phenoxy) is 1. The summed E-state index contributed by atoms with van der Waals surface area (Å²) < 4.78 is 17.1. The van der Waals surface area contributed by atoms with E-state index in [1.165, 1.54) is 5.56 Å². The third-order valence-electron chi connectivity index (χ3n) is 5.27. The highest BCUT2D eigenvalue weighted by Crippen LogP contribution is 2.38. The van der Waals surface area contributed by atoms with Gasteiger partial charge in [0.25, 0.3) is 0 Å². The summed E-state index contributed by atoms with van der Waals surface area (Å²) in [4.78, 5) is 14.4. The number of furan rings is 1. The molecule has 3 aromatic rings. The van der Waals surface area contributed by atoms with Crippen molar-refractivity contribution in [3.63, 3.8) is 0 Å². The molecule has 1 aromatic carbocycles. The van der Waals surface area contributed by atoms with E-state index in [1.807, 2.05) is 19.1 Å². The number of nitrogens with zero attached hydrogens (tertiary/aromatic N) is 1. The zero-order chi connectivity index (χ0) is 17.0. The van der Waals surface area contributed by atoms with Crippen LogP contribution >= 0.6 is 0 Å². The minimum Gasteiger partial charge on any atom is -0.477 e. The Kier molecular flexibility index (Phi) is 3.25. The molecule has 25 heavy (non-hydrogen) atoms. The molecule has 0 unspecified atom stereocenters. The lowest BCUT2D eigenvalue weighted by atomic mass is 9.99. The summed E-state index contributed by atoms with van der Waals surface area (Å²) in [6.45, 7) is 3.98. The summed E-state index contributed by atoms with van der Waals surface area (Å²) in [7, 11) is 0. The van der Waals surface area contributed by atoms with Crippen molar-refractivity contribution in [2.24, 2.45) is 0 Å². The Morgan fingerprint density at radius 3 is 2.96 bits per heavy atom.